The third kappa shape index (κ3) is 2.01. The van der Waals surface area contributed by atoms with Gasteiger partial charge in [0.05, 0.1) is 4.88 Å². The number of phenols is 1. The van der Waals surface area contributed by atoms with E-state index in [0.717, 1.165) is 6.20 Å². The summed E-state index contributed by atoms with van der Waals surface area (Å²) in [4.78, 5) is 3.58. The van der Waals surface area contributed by atoms with E-state index in [9.17, 15) is 18.3 Å². The molecule has 2 nitrogen and oxygen atoms in total. The van der Waals surface area contributed by atoms with Crippen molar-refractivity contribution in [1.82, 2.24) is 4.98 Å². The van der Waals surface area contributed by atoms with Crippen LogP contribution in [0.4, 0.5) is 13.2 Å². The van der Waals surface area contributed by atoms with Crippen molar-refractivity contribution in [2.24, 2.45) is 0 Å². The molecule has 1 N–H and O–H groups in total. The van der Waals surface area contributed by atoms with E-state index in [1.54, 1.807) is 18.2 Å². The molecule has 6 heteroatoms. The number of phenolic OH excluding ortho intramolecular Hbond substituents is 1. The summed E-state index contributed by atoms with van der Waals surface area (Å²) in [5.74, 6) is -0.0557. The largest absolute Gasteiger partial charge is 0.507 e. The van der Waals surface area contributed by atoms with Gasteiger partial charge in [-0.25, -0.2) is 4.98 Å². The van der Waals surface area contributed by atoms with E-state index in [1.165, 1.54) is 6.07 Å². The summed E-state index contributed by atoms with van der Waals surface area (Å²) in [6, 6.07) is 6.21. The molecule has 0 bridgehead atoms. The zero-order valence-corrected chi connectivity index (χ0v) is 8.64. The van der Waals surface area contributed by atoms with Crippen molar-refractivity contribution >= 4 is 11.3 Å². The second-order valence-electron chi connectivity index (χ2n) is 3.04. The highest BCUT2D eigenvalue weighted by Gasteiger charge is 2.34. The first kappa shape index (κ1) is 10.9. The third-order valence-electron chi connectivity index (χ3n) is 1.92. The van der Waals surface area contributed by atoms with Crippen LogP contribution in [-0.2, 0) is 6.18 Å². The lowest BCUT2D eigenvalue weighted by Crippen LogP contribution is -2.02. The van der Waals surface area contributed by atoms with E-state index in [0.29, 0.717) is 21.8 Å². The van der Waals surface area contributed by atoms with Crippen LogP contribution in [0.25, 0.3) is 10.4 Å². The zero-order valence-electron chi connectivity index (χ0n) is 7.82. The number of rotatable bonds is 1. The molecule has 1 aromatic heterocycles. The van der Waals surface area contributed by atoms with Gasteiger partial charge in [0.25, 0.3) is 0 Å². The molecule has 2 aromatic rings. The molecule has 0 atom stereocenters. The number of para-hydroxylation sites is 1. The van der Waals surface area contributed by atoms with Crippen LogP contribution in [0.5, 0.6) is 5.75 Å². The fraction of sp³-hybridized carbons (Fsp3) is 0.100. The Hall–Kier alpha value is -1.56. The fourth-order valence-electron chi connectivity index (χ4n) is 1.21. The minimum absolute atomic E-state index is 0.0557. The lowest BCUT2D eigenvalue weighted by Gasteiger charge is -2.00. The summed E-state index contributed by atoms with van der Waals surface area (Å²) >= 11 is 0.511. The van der Waals surface area contributed by atoms with Gasteiger partial charge < -0.3 is 5.11 Å². The highest BCUT2D eigenvalue weighted by atomic mass is 32.1. The van der Waals surface area contributed by atoms with Gasteiger partial charge in [0.1, 0.15) is 5.75 Å². The SMILES string of the molecule is Oc1ccccc1-c1cnc(C(F)(F)F)s1. The summed E-state index contributed by atoms with van der Waals surface area (Å²) in [7, 11) is 0. The van der Waals surface area contributed by atoms with E-state index >= 15 is 0 Å². The van der Waals surface area contributed by atoms with Crippen LogP contribution in [0.1, 0.15) is 5.01 Å². The highest BCUT2D eigenvalue weighted by Crippen LogP contribution is 2.38. The Morgan fingerprint density at radius 2 is 1.88 bits per heavy atom. The molecule has 0 aliphatic heterocycles. The fourth-order valence-corrected chi connectivity index (χ4v) is 2.03. The minimum atomic E-state index is -4.44. The molecule has 0 saturated heterocycles. The maximum Gasteiger partial charge on any atom is 0.443 e. The molecule has 0 radical (unpaired) electrons. The van der Waals surface area contributed by atoms with Crippen LogP contribution in [-0.4, -0.2) is 10.1 Å². The van der Waals surface area contributed by atoms with E-state index in [-0.39, 0.29) is 5.75 Å². The maximum absolute atomic E-state index is 12.3. The van der Waals surface area contributed by atoms with Crippen LogP contribution < -0.4 is 0 Å². The standard InChI is InChI=1S/C10H6F3NOS/c11-10(12,13)9-14-5-8(16-9)6-3-1-2-4-7(6)15/h1-5,15H. The van der Waals surface area contributed by atoms with Crippen LogP contribution in [0.15, 0.2) is 30.5 Å². The smallest absolute Gasteiger partial charge is 0.443 e. The van der Waals surface area contributed by atoms with Crippen molar-refractivity contribution < 1.29 is 18.3 Å². The van der Waals surface area contributed by atoms with Crippen molar-refractivity contribution in [2.75, 3.05) is 0 Å². The van der Waals surface area contributed by atoms with Crippen LogP contribution in [0.2, 0.25) is 0 Å². The first-order valence-corrected chi connectivity index (χ1v) is 5.11. The van der Waals surface area contributed by atoms with Crippen LogP contribution in [0.3, 0.4) is 0 Å². The summed E-state index contributed by atoms with van der Waals surface area (Å²) in [6.45, 7) is 0. The Morgan fingerprint density at radius 3 is 2.44 bits per heavy atom. The summed E-state index contributed by atoms with van der Waals surface area (Å²) in [5.41, 5.74) is 0.357. The topological polar surface area (TPSA) is 33.1 Å². The molecular weight excluding hydrogens is 239 g/mol. The summed E-state index contributed by atoms with van der Waals surface area (Å²) in [6.07, 6.45) is -3.32. The minimum Gasteiger partial charge on any atom is -0.507 e. The Kier molecular flexibility index (Phi) is 2.59. The number of alkyl halides is 3. The predicted molar refractivity (Wildman–Crippen MR) is 54.2 cm³/mol. The number of hydrogen-bond acceptors (Lipinski definition) is 3. The number of halogens is 3. The number of benzene rings is 1. The van der Waals surface area contributed by atoms with Crippen molar-refractivity contribution in [2.45, 2.75) is 6.18 Å². The molecule has 0 fully saturated rings. The van der Waals surface area contributed by atoms with E-state index in [4.69, 9.17) is 0 Å². The van der Waals surface area contributed by atoms with Crippen LogP contribution in [0, 0.1) is 0 Å². The number of aromatic nitrogens is 1. The van der Waals surface area contributed by atoms with Gasteiger partial charge in [0.2, 0.25) is 0 Å². The van der Waals surface area contributed by atoms with Crippen molar-refractivity contribution in [3.8, 4) is 16.2 Å². The quantitative estimate of drug-likeness (QED) is 0.833. The Balaban J connectivity index is 2.44. The average Bonchev–Trinajstić information content (AvgIpc) is 2.66. The second-order valence-corrected chi connectivity index (χ2v) is 4.08. The summed E-state index contributed by atoms with van der Waals surface area (Å²) < 4.78 is 36.9. The molecule has 0 spiro atoms. The number of thiazole rings is 1. The molecule has 0 aliphatic carbocycles. The predicted octanol–water partition coefficient (Wildman–Crippen LogP) is 3.53. The van der Waals surface area contributed by atoms with Gasteiger partial charge in [-0.3, -0.25) is 0 Å². The van der Waals surface area contributed by atoms with Gasteiger partial charge in [-0.2, -0.15) is 13.2 Å². The van der Waals surface area contributed by atoms with Gasteiger partial charge in [-0.05, 0) is 12.1 Å². The zero-order chi connectivity index (χ0) is 11.8. The lowest BCUT2D eigenvalue weighted by atomic mass is 10.2. The molecule has 0 amide bonds. The molecular formula is C10H6F3NOS. The Morgan fingerprint density at radius 1 is 1.19 bits per heavy atom. The number of nitrogens with zero attached hydrogens (tertiary/aromatic N) is 1. The molecule has 84 valence electrons. The Labute approximate surface area is 93.0 Å². The first-order chi connectivity index (χ1) is 7.48. The van der Waals surface area contributed by atoms with Gasteiger partial charge in [-0.15, -0.1) is 11.3 Å². The molecule has 0 unspecified atom stereocenters. The van der Waals surface area contributed by atoms with Gasteiger partial charge in [0.15, 0.2) is 5.01 Å². The molecule has 16 heavy (non-hydrogen) atoms. The third-order valence-corrected chi connectivity index (χ3v) is 2.99. The summed E-state index contributed by atoms with van der Waals surface area (Å²) in [5, 5.41) is 8.56. The Bertz CT molecular complexity index is 507. The lowest BCUT2D eigenvalue weighted by molar-refractivity contribution is -0.137. The van der Waals surface area contributed by atoms with Gasteiger partial charge >= 0.3 is 6.18 Å². The highest BCUT2D eigenvalue weighted by molar-refractivity contribution is 7.15. The molecule has 1 heterocycles. The van der Waals surface area contributed by atoms with E-state index in [1.807, 2.05) is 0 Å². The average molecular weight is 245 g/mol. The molecule has 0 saturated carbocycles. The molecule has 1 aromatic carbocycles. The van der Waals surface area contributed by atoms with Crippen molar-refractivity contribution in [3.05, 3.63) is 35.5 Å². The van der Waals surface area contributed by atoms with Gasteiger partial charge in [0, 0.05) is 11.8 Å². The van der Waals surface area contributed by atoms with Crippen LogP contribution >= 0.6 is 11.3 Å². The first-order valence-electron chi connectivity index (χ1n) is 4.30. The monoisotopic (exact) mass is 245 g/mol. The van der Waals surface area contributed by atoms with Gasteiger partial charge in [-0.1, -0.05) is 12.1 Å². The molecule has 0 aliphatic rings. The van der Waals surface area contributed by atoms with E-state index in [2.05, 4.69) is 4.98 Å². The number of aromatic hydroxyl groups is 1. The maximum atomic E-state index is 12.3. The van der Waals surface area contributed by atoms with E-state index < -0.39 is 11.2 Å². The molecule has 2 rings (SSSR count). The van der Waals surface area contributed by atoms with Crippen molar-refractivity contribution in [3.63, 3.8) is 0 Å². The van der Waals surface area contributed by atoms with Crippen molar-refractivity contribution in [1.29, 1.82) is 0 Å². The number of hydrogen-bond donors (Lipinski definition) is 1. The normalized spacial score (nSPS) is 11.7. The second kappa shape index (κ2) is 3.79.